The Bertz CT molecular complexity index is 1020. The zero-order chi connectivity index (χ0) is 19.1. The fourth-order valence-electron chi connectivity index (χ4n) is 3.16. The van der Waals surface area contributed by atoms with Crippen molar-refractivity contribution >= 4 is 32.7 Å². The van der Waals surface area contributed by atoms with Gasteiger partial charge in [0.05, 0.1) is 10.9 Å². The number of ketones is 1. The molecule has 0 saturated carbocycles. The van der Waals surface area contributed by atoms with Gasteiger partial charge in [-0.3, -0.25) is 4.79 Å². The Hall–Kier alpha value is -2.26. The summed E-state index contributed by atoms with van der Waals surface area (Å²) in [6.45, 7) is 0.549. The summed E-state index contributed by atoms with van der Waals surface area (Å²) >= 11 is 3.28. The van der Waals surface area contributed by atoms with Gasteiger partial charge in [0.15, 0.2) is 11.9 Å². The Balaban J connectivity index is 1.89. The zero-order valence-electron chi connectivity index (χ0n) is 13.9. The molecule has 2 aromatic heterocycles. The molecule has 1 aliphatic heterocycles. The first-order valence-corrected chi connectivity index (χ1v) is 9.09. The van der Waals surface area contributed by atoms with E-state index in [9.17, 15) is 18.0 Å². The molecule has 1 saturated heterocycles. The van der Waals surface area contributed by atoms with E-state index in [0.29, 0.717) is 40.7 Å². The molecular formula is C18H13BrF3N3O2. The number of aromatic nitrogens is 3. The van der Waals surface area contributed by atoms with E-state index in [2.05, 4.69) is 26.0 Å². The number of nitrogens with zero attached hydrogens (tertiary/aromatic N) is 3. The third kappa shape index (κ3) is 3.25. The second-order valence-electron chi connectivity index (χ2n) is 6.21. The second-order valence-corrected chi connectivity index (χ2v) is 7.13. The highest BCUT2D eigenvalue weighted by Crippen LogP contribution is 2.30. The van der Waals surface area contributed by atoms with Crippen molar-refractivity contribution in [2.75, 3.05) is 6.61 Å². The number of pyridine rings is 1. The number of fused-ring (bicyclic) bond motifs is 1. The zero-order valence-corrected chi connectivity index (χ0v) is 15.5. The van der Waals surface area contributed by atoms with Crippen molar-refractivity contribution in [1.29, 1.82) is 0 Å². The molecule has 3 heterocycles. The van der Waals surface area contributed by atoms with Crippen LogP contribution in [0.25, 0.3) is 11.0 Å². The van der Waals surface area contributed by atoms with Gasteiger partial charge in [-0.05, 0) is 41.3 Å². The highest BCUT2D eigenvalue weighted by molar-refractivity contribution is 9.10. The summed E-state index contributed by atoms with van der Waals surface area (Å²) < 4.78 is 49.1. The van der Waals surface area contributed by atoms with Crippen molar-refractivity contribution in [1.82, 2.24) is 14.8 Å². The van der Waals surface area contributed by atoms with E-state index in [1.807, 2.05) is 0 Å². The quantitative estimate of drug-likeness (QED) is 0.562. The van der Waals surface area contributed by atoms with E-state index in [1.54, 1.807) is 6.07 Å². The number of carbonyl (C=O) groups excluding carboxylic acids is 1. The summed E-state index contributed by atoms with van der Waals surface area (Å²) in [5, 5.41) is 4.59. The molecular weight excluding hydrogens is 427 g/mol. The van der Waals surface area contributed by atoms with Gasteiger partial charge in [-0.15, -0.1) is 0 Å². The van der Waals surface area contributed by atoms with Gasteiger partial charge in [-0.2, -0.15) is 5.10 Å². The summed E-state index contributed by atoms with van der Waals surface area (Å²) in [6.07, 6.45) is 3.65. The van der Waals surface area contributed by atoms with E-state index in [0.717, 1.165) is 12.8 Å². The standard InChI is InChI=1S/C18H13BrF3N3O2/c19-9-5-11-16(17(26)15-12(21)6-10(20)7-13(15)22)24-25(18(11)23-8-9)14-3-1-2-4-27-14/h5-8,14H,1-4H2. The van der Waals surface area contributed by atoms with E-state index < -0.39 is 35.0 Å². The van der Waals surface area contributed by atoms with Crippen LogP contribution >= 0.6 is 15.9 Å². The van der Waals surface area contributed by atoms with Crippen LogP contribution < -0.4 is 0 Å². The Morgan fingerprint density at radius 3 is 2.59 bits per heavy atom. The number of hydrogen-bond acceptors (Lipinski definition) is 4. The fraction of sp³-hybridized carbons (Fsp3) is 0.278. The Kier molecular flexibility index (Phi) is 4.73. The monoisotopic (exact) mass is 439 g/mol. The van der Waals surface area contributed by atoms with Crippen molar-refractivity contribution in [3.05, 3.63) is 57.6 Å². The molecule has 27 heavy (non-hydrogen) atoms. The molecule has 0 spiro atoms. The average molecular weight is 440 g/mol. The molecule has 1 unspecified atom stereocenters. The lowest BCUT2D eigenvalue weighted by molar-refractivity contribution is -0.0371. The van der Waals surface area contributed by atoms with Crippen molar-refractivity contribution in [2.24, 2.45) is 0 Å². The van der Waals surface area contributed by atoms with Crippen molar-refractivity contribution in [2.45, 2.75) is 25.5 Å². The average Bonchev–Trinajstić information content (AvgIpc) is 3.00. The molecule has 9 heteroatoms. The fourth-order valence-corrected chi connectivity index (χ4v) is 3.49. The smallest absolute Gasteiger partial charge is 0.219 e. The summed E-state index contributed by atoms with van der Waals surface area (Å²) in [5.41, 5.74) is -0.652. The van der Waals surface area contributed by atoms with Gasteiger partial charge in [0.2, 0.25) is 5.78 Å². The van der Waals surface area contributed by atoms with E-state index >= 15 is 0 Å². The SMILES string of the molecule is O=C(c1c(F)cc(F)cc1F)c1nn(C2CCCCO2)c2ncc(Br)cc12. The molecule has 0 aliphatic carbocycles. The number of halogens is 4. The van der Waals surface area contributed by atoms with Crippen LogP contribution in [0.1, 0.15) is 41.5 Å². The molecule has 0 N–H and O–H groups in total. The summed E-state index contributed by atoms with van der Waals surface area (Å²) in [5.74, 6) is -4.64. The number of hydrogen-bond donors (Lipinski definition) is 0. The number of rotatable bonds is 3. The van der Waals surface area contributed by atoms with Crippen LogP contribution in [0, 0.1) is 17.5 Å². The van der Waals surface area contributed by atoms with Crippen LogP contribution in [0.5, 0.6) is 0 Å². The van der Waals surface area contributed by atoms with Crippen molar-refractivity contribution in [3.8, 4) is 0 Å². The van der Waals surface area contributed by atoms with Crippen LogP contribution in [0.2, 0.25) is 0 Å². The maximum Gasteiger partial charge on any atom is 0.219 e. The minimum atomic E-state index is -1.28. The minimum absolute atomic E-state index is 0.169. The van der Waals surface area contributed by atoms with Gasteiger partial charge in [0.25, 0.3) is 0 Å². The van der Waals surface area contributed by atoms with E-state index in [1.165, 1.54) is 10.9 Å². The predicted octanol–water partition coefficient (Wildman–Crippen LogP) is 4.54. The van der Waals surface area contributed by atoms with Crippen LogP contribution in [0.15, 0.2) is 28.9 Å². The second kappa shape index (κ2) is 7.05. The number of ether oxygens (including phenoxy) is 1. The molecule has 0 amide bonds. The molecule has 0 bridgehead atoms. The van der Waals surface area contributed by atoms with Crippen LogP contribution in [0.4, 0.5) is 13.2 Å². The van der Waals surface area contributed by atoms with Gasteiger partial charge in [-0.25, -0.2) is 22.8 Å². The molecule has 0 radical (unpaired) electrons. The topological polar surface area (TPSA) is 57.0 Å². The van der Waals surface area contributed by atoms with Gasteiger partial charge < -0.3 is 4.74 Å². The first-order chi connectivity index (χ1) is 13.0. The highest BCUT2D eigenvalue weighted by atomic mass is 79.9. The molecule has 140 valence electrons. The van der Waals surface area contributed by atoms with Crippen LogP contribution in [-0.2, 0) is 4.74 Å². The highest BCUT2D eigenvalue weighted by Gasteiger charge is 2.28. The molecule has 1 aliphatic rings. The molecule has 4 rings (SSSR count). The molecule has 3 aromatic rings. The van der Waals surface area contributed by atoms with Crippen LogP contribution in [0.3, 0.4) is 0 Å². The Labute approximate surface area is 160 Å². The summed E-state index contributed by atoms with van der Waals surface area (Å²) in [6, 6.07) is 2.53. The predicted molar refractivity (Wildman–Crippen MR) is 93.8 cm³/mol. The lowest BCUT2D eigenvalue weighted by Crippen LogP contribution is -2.20. The summed E-state index contributed by atoms with van der Waals surface area (Å²) in [4.78, 5) is 17.1. The van der Waals surface area contributed by atoms with Gasteiger partial charge in [0, 0.05) is 29.4 Å². The number of benzene rings is 1. The van der Waals surface area contributed by atoms with E-state index in [4.69, 9.17) is 4.74 Å². The number of carbonyl (C=O) groups is 1. The normalized spacial score (nSPS) is 17.4. The third-order valence-electron chi connectivity index (χ3n) is 4.39. The maximum absolute atomic E-state index is 14.1. The van der Waals surface area contributed by atoms with E-state index in [-0.39, 0.29) is 5.69 Å². The lowest BCUT2D eigenvalue weighted by atomic mass is 10.0. The third-order valence-corrected chi connectivity index (χ3v) is 4.82. The van der Waals surface area contributed by atoms with Crippen molar-refractivity contribution < 1.29 is 22.7 Å². The summed E-state index contributed by atoms with van der Waals surface area (Å²) in [7, 11) is 0. The first-order valence-electron chi connectivity index (χ1n) is 8.30. The van der Waals surface area contributed by atoms with Gasteiger partial charge in [-0.1, -0.05) is 0 Å². The molecule has 5 nitrogen and oxygen atoms in total. The minimum Gasteiger partial charge on any atom is -0.356 e. The molecule has 1 fully saturated rings. The Morgan fingerprint density at radius 2 is 1.93 bits per heavy atom. The Morgan fingerprint density at radius 1 is 1.19 bits per heavy atom. The lowest BCUT2D eigenvalue weighted by Gasteiger charge is -2.22. The largest absolute Gasteiger partial charge is 0.356 e. The van der Waals surface area contributed by atoms with Gasteiger partial charge >= 0.3 is 0 Å². The van der Waals surface area contributed by atoms with Crippen molar-refractivity contribution in [3.63, 3.8) is 0 Å². The van der Waals surface area contributed by atoms with Crippen LogP contribution in [-0.4, -0.2) is 27.2 Å². The maximum atomic E-state index is 14.1. The molecule has 1 atom stereocenters. The molecule has 1 aromatic carbocycles. The van der Waals surface area contributed by atoms with Gasteiger partial charge in [0.1, 0.15) is 23.1 Å². The first kappa shape index (κ1) is 18.1.